The molecule has 0 saturated heterocycles. The monoisotopic (exact) mass is 828 g/mol. The number of rotatable bonds is 4. The molecule has 0 spiro atoms. The van der Waals surface area contributed by atoms with Gasteiger partial charge in [-0.15, -0.1) is 0 Å². The summed E-state index contributed by atoms with van der Waals surface area (Å²) in [6.45, 7) is 4.69. The Morgan fingerprint density at radius 1 is 0.369 bits per heavy atom. The largest absolute Gasteiger partial charge is 0.309 e. The van der Waals surface area contributed by atoms with E-state index in [1.165, 1.54) is 81.9 Å². The molecule has 0 saturated carbocycles. The van der Waals surface area contributed by atoms with Crippen LogP contribution in [-0.2, 0) is 5.41 Å². The summed E-state index contributed by atoms with van der Waals surface area (Å²) in [6.07, 6.45) is 0. The first-order valence-corrected chi connectivity index (χ1v) is 22.5. The SMILES string of the molecule is CC1(C)c2ccccc2-c2cccc(-c3nc(-c4ccc(-n5c6cc(-n7c8ccccc8c8cc9ccccc9cc87)ccc6c6cc7ccccc7cc65)cc4)nc4ccccc34)c21. The third-order valence-electron chi connectivity index (χ3n) is 14.2. The Kier molecular flexibility index (Phi) is 7.42. The van der Waals surface area contributed by atoms with Crippen molar-refractivity contribution in [2.45, 2.75) is 19.3 Å². The van der Waals surface area contributed by atoms with Crippen molar-refractivity contribution in [3.05, 3.63) is 217 Å². The van der Waals surface area contributed by atoms with Gasteiger partial charge in [-0.05, 0) is 117 Å². The van der Waals surface area contributed by atoms with Crippen molar-refractivity contribution in [2.24, 2.45) is 0 Å². The first kappa shape index (κ1) is 36.2. The zero-order valence-electron chi connectivity index (χ0n) is 35.9. The number of hydrogen-bond acceptors (Lipinski definition) is 2. The highest BCUT2D eigenvalue weighted by molar-refractivity contribution is 6.16. The molecule has 14 rings (SSSR count). The van der Waals surface area contributed by atoms with Crippen LogP contribution in [0.25, 0.3) is 121 Å². The number of aromatic nitrogens is 4. The summed E-state index contributed by atoms with van der Waals surface area (Å²) in [7, 11) is 0. The molecular weight excluding hydrogens is 789 g/mol. The number of hydrogen-bond donors (Lipinski definition) is 0. The van der Waals surface area contributed by atoms with Gasteiger partial charge in [-0.1, -0.05) is 147 Å². The van der Waals surface area contributed by atoms with Gasteiger partial charge in [0.2, 0.25) is 0 Å². The second kappa shape index (κ2) is 13.3. The van der Waals surface area contributed by atoms with Gasteiger partial charge < -0.3 is 9.13 Å². The second-order valence-electron chi connectivity index (χ2n) is 18.2. The molecule has 4 nitrogen and oxygen atoms in total. The molecule has 0 N–H and O–H groups in total. The molecule has 0 atom stereocenters. The highest BCUT2D eigenvalue weighted by Gasteiger charge is 2.38. The Morgan fingerprint density at radius 3 is 1.65 bits per heavy atom. The summed E-state index contributed by atoms with van der Waals surface area (Å²) in [4.78, 5) is 10.7. The highest BCUT2D eigenvalue weighted by atomic mass is 15.0. The molecule has 0 amide bonds. The minimum atomic E-state index is -0.181. The Bertz CT molecular complexity index is 4150. The molecule has 4 heteroatoms. The van der Waals surface area contributed by atoms with Crippen LogP contribution in [0.15, 0.2) is 206 Å². The highest BCUT2D eigenvalue weighted by Crippen LogP contribution is 2.52. The molecule has 1 aliphatic carbocycles. The van der Waals surface area contributed by atoms with E-state index in [0.717, 1.165) is 44.6 Å². The van der Waals surface area contributed by atoms with Gasteiger partial charge in [-0.25, -0.2) is 9.97 Å². The van der Waals surface area contributed by atoms with Gasteiger partial charge in [0.15, 0.2) is 5.82 Å². The van der Waals surface area contributed by atoms with E-state index in [-0.39, 0.29) is 5.41 Å². The maximum absolute atomic E-state index is 5.46. The standard InChI is InChI=1S/C61H40N4/c1-61(2)52-23-10-7-18-44(52)47-21-13-22-49(58(47)61)59-48-20-8-11-24-53(48)62-60(63-59)37-26-28-42(29-27-37)64-55-34-40-16-5-4-15-39(40)33-51(55)46-31-30-43(36-57(46)64)65-54-25-12-9-19-45(54)50-32-38-14-3-6-17-41(38)35-56(50)65/h3-36H,1-2H3. The average Bonchev–Trinajstić information content (AvgIpc) is 3.93. The molecule has 0 aliphatic heterocycles. The van der Waals surface area contributed by atoms with Crippen LogP contribution in [0.2, 0.25) is 0 Å². The fourth-order valence-electron chi connectivity index (χ4n) is 11.3. The smallest absolute Gasteiger partial charge is 0.160 e. The van der Waals surface area contributed by atoms with E-state index in [0.29, 0.717) is 5.82 Å². The summed E-state index contributed by atoms with van der Waals surface area (Å²) in [6, 6.07) is 75.4. The third-order valence-corrected chi connectivity index (χ3v) is 14.2. The lowest BCUT2D eigenvalue weighted by Gasteiger charge is -2.24. The molecule has 0 radical (unpaired) electrons. The van der Waals surface area contributed by atoms with Gasteiger partial charge in [0.1, 0.15) is 0 Å². The normalized spacial score (nSPS) is 13.2. The molecule has 304 valence electrons. The number of fused-ring (bicyclic) bond motifs is 12. The average molecular weight is 829 g/mol. The Balaban J connectivity index is 0.960. The van der Waals surface area contributed by atoms with Crippen molar-refractivity contribution in [3.8, 4) is 45.1 Å². The fourth-order valence-corrected chi connectivity index (χ4v) is 11.3. The van der Waals surface area contributed by atoms with E-state index in [9.17, 15) is 0 Å². The van der Waals surface area contributed by atoms with Gasteiger partial charge in [-0.2, -0.15) is 0 Å². The Morgan fingerprint density at radius 2 is 0.908 bits per heavy atom. The maximum Gasteiger partial charge on any atom is 0.160 e. The van der Waals surface area contributed by atoms with E-state index >= 15 is 0 Å². The van der Waals surface area contributed by atoms with E-state index in [1.807, 2.05) is 0 Å². The quantitative estimate of drug-likeness (QED) is 0.177. The lowest BCUT2D eigenvalue weighted by atomic mass is 9.79. The van der Waals surface area contributed by atoms with Gasteiger partial charge in [-0.3, -0.25) is 0 Å². The van der Waals surface area contributed by atoms with Crippen molar-refractivity contribution in [2.75, 3.05) is 0 Å². The van der Waals surface area contributed by atoms with E-state index in [4.69, 9.17) is 9.97 Å². The predicted octanol–water partition coefficient (Wildman–Crippen LogP) is 15.8. The molecule has 10 aromatic carbocycles. The van der Waals surface area contributed by atoms with Crippen molar-refractivity contribution in [1.29, 1.82) is 0 Å². The fraction of sp³-hybridized carbons (Fsp3) is 0.0492. The summed E-state index contributed by atoms with van der Waals surface area (Å²) >= 11 is 0. The Labute approximate surface area is 375 Å². The van der Waals surface area contributed by atoms with E-state index in [2.05, 4.69) is 229 Å². The number of para-hydroxylation sites is 2. The molecule has 0 fully saturated rings. The Hall–Kier alpha value is -8.34. The van der Waals surface area contributed by atoms with Gasteiger partial charge >= 0.3 is 0 Å². The number of nitrogens with zero attached hydrogens (tertiary/aromatic N) is 4. The molecule has 13 aromatic rings. The molecule has 3 heterocycles. The summed E-state index contributed by atoms with van der Waals surface area (Å²) in [5.41, 5.74) is 16.0. The van der Waals surface area contributed by atoms with Crippen molar-refractivity contribution in [1.82, 2.24) is 19.1 Å². The molecule has 0 bridgehead atoms. The van der Waals surface area contributed by atoms with E-state index in [1.54, 1.807) is 0 Å². The first-order valence-electron chi connectivity index (χ1n) is 22.5. The van der Waals surface area contributed by atoms with Crippen LogP contribution >= 0.6 is 0 Å². The van der Waals surface area contributed by atoms with Gasteiger partial charge in [0.05, 0.1) is 33.3 Å². The van der Waals surface area contributed by atoms with Crippen LogP contribution in [0, 0.1) is 0 Å². The first-order chi connectivity index (χ1) is 32.0. The van der Waals surface area contributed by atoms with Crippen LogP contribution < -0.4 is 0 Å². The topological polar surface area (TPSA) is 35.6 Å². The summed E-state index contributed by atoms with van der Waals surface area (Å²) in [5.74, 6) is 0.713. The molecule has 0 unspecified atom stereocenters. The molecule has 3 aromatic heterocycles. The maximum atomic E-state index is 5.46. The molecular formula is C61H40N4. The zero-order valence-corrected chi connectivity index (χ0v) is 35.9. The van der Waals surface area contributed by atoms with Crippen molar-refractivity contribution in [3.63, 3.8) is 0 Å². The van der Waals surface area contributed by atoms with Crippen LogP contribution in [0.1, 0.15) is 25.0 Å². The van der Waals surface area contributed by atoms with Crippen molar-refractivity contribution < 1.29 is 0 Å². The number of benzene rings is 10. The molecule has 65 heavy (non-hydrogen) atoms. The van der Waals surface area contributed by atoms with Crippen LogP contribution in [0.4, 0.5) is 0 Å². The van der Waals surface area contributed by atoms with Crippen LogP contribution in [-0.4, -0.2) is 19.1 Å². The van der Waals surface area contributed by atoms with Gasteiger partial charge in [0.25, 0.3) is 0 Å². The predicted molar refractivity (Wildman–Crippen MR) is 272 cm³/mol. The minimum absolute atomic E-state index is 0.181. The summed E-state index contributed by atoms with van der Waals surface area (Å²) in [5, 5.41) is 10.9. The lowest BCUT2D eigenvalue weighted by Crippen LogP contribution is -2.16. The third kappa shape index (κ3) is 5.19. The van der Waals surface area contributed by atoms with Crippen molar-refractivity contribution >= 4 is 76.1 Å². The van der Waals surface area contributed by atoms with Crippen LogP contribution in [0.5, 0.6) is 0 Å². The van der Waals surface area contributed by atoms with Gasteiger partial charge in [0, 0.05) is 54.8 Å². The minimum Gasteiger partial charge on any atom is -0.309 e. The summed E-state index contributed by atoms with van der Waals surface area (Å²) < 4.78 is 4.88. The van der Waals surface area contributed by atoms with E-state index < -0.39 is 0 Å². The lowest BCUT2D eigenvalue weighted by molar-refractivity contribution is 0.662. The molecule has 1 aliphatic rings. The second-order valence-corrected chi connectivity index (χ2v) is 18.2. The van der Waals surface area contributed by atoms with Crippen LogP contribution in [0.3, 0.4) is 0 Å². The zero-order chi connectivity index (χ0) is 43.0.